The molecule has 2 aromatic rings. The van der Waals surface area contributed by atoms with Crippen molar-refractivity contribution in [3.63, 3.8) is 0 Å². The Morgan fingerprint density at radius 3 is 2.24 bits per heavy atom. The van der Waals surface area contributed by atoms with Gasteiger partial charge in [-0.05, 0) is 42.8 Å². The highest BCUT2D eigenvalue weighted by molar-refractivity contribution is 6.31. The van der Waals surface area contributed by atoms with Gasteiger partial charge in [0.2, 0.25) is 0 Å². The molecular formula is C13H13ClN2O. The maximum absolute atomic E-state index is 5.94. The van der Waals surface area contributed by atoms with E-state index in [-0.39, 0.29) is 0 Å². The predicted molar refractivity (Wildman–Crippen MR) is 71.5 cm³/mol. The van der Waals surface area contributed by atoms with Crippen LogP contribution in [0.1, 0.15) is 5.56 Å². The molecule has 0 atom stereocenters. The van der Waals surface area contributed by atoms with Gasteiger partial charge in [-0.15, -0.1) is 0 Å². The van der Waals surface area contributed by atoms with E-state index in [1.807, 2.05) is 19.1 Å². The molecule has 0 bridgehead atoms. The van der Waals surface area contributed by atoms with Crippen LogP contribution < -0.4 is 16.2 Å². The minimum Gasteiger partial charge on any atom is -0.457 e. The minimum atomic E-state index is 0.508. The Kier molecular flexibility index (Phi) is 3.11. The fourth-order valence-corrected chi connectivity index (χ4v) is 1.55. The van der Waals surface area contributed by atoms with Gasteiger partial charge in [0.15, 0.2) is 0 Å². The summed E-state index contributed by atoms with van der Waals surface area (Å²) >= 11 is 5.94. The summed E-state index contributed by atoms with van der Waals surface area (Å²) in [6.45, 7) is 1.92. The molecule has 3 nitrogen and oxygen atoms in total. The van der Waals surface area contributed by atoms with Crippen LogP contribution >= 0.6 is 11.6 Å². The molecule has 0 aliphatic carbocycles. The van der Waals surface area contributed by atoms with E-state index in [9.17, 15) is 0 Å². The lowest BCUT2D eigenvalue weighted by molar-refractivity contribution is 0.482. The highest BCUT2D eigenvalue weighted by Crippen LogP contribution is 2.28. The zero-order valence-corrected chi connectivity index (χ0v) is 10.2. The first-order chi connectivity index (χ1) is 8.06. The van der Waals surface area contributed by atoms with Gasteiger partial charge in [0.1, 0.15) is 11.5 Å². The Labute approximate surface area is 105 Å². The van der Waals surface area contributed by atoms with Crippen molar-refractivity contribution >= 4 is 23.0 Å². The zero-order chi connectivity index (χ0) is 12.4. The van der Waals surface area contributed by atoms with Crippen molar-refractivity contribution in [3.8, 4) is 11.5 Å². The molecule has 17 heavy (non-hydrogen) atoms. The van der Waals surface area contributed by atoms with Gasteiger partial charge in [0.05, 0.1) is 11.4 Å². The van der Waals surface area contributed by atoms with E-state index in [0.29, 0.717) is 22.1 Å². The number of hydrogen-bond acceptors (Lipinski definition) is 3. The van der Waals surface area contributed by atoms with Crippen molar-refractivity contribution in [1.82, 2.24) is 0 Å². The molecule has 0 aliphatic rings. The van der Waals surface area contributed by atoms with Gasteiger partial charge in [0.25, 0.3) is 0 Å². The van der Waals surface area contributed by atoms with E-state index >= 15 is 0 Å². The van der Waals surface area contributed by atoms with Gasteiger partial charge < -0.3 is 16.2 Å². The van der Waals surface area contributed by atoms with Gasteiger partial charge in [-0.2, -0.15) is 0 Å². The average Bonchev–Trinajstić information content (AvgIpc) is 2.29. The fraction of sp³-hybridized carbons (Fsp3) is 0.0769. The zero-order valence-electron chi connectivity index (χ0n) is 9.41. The van der Waals surface area contributed by atoms with Crippen molar-refractivity contribution in [2.45, 2.75) is 6.92 Å². The minimum absolute atomic E-state index is 0.508. The summed E-state index contributed by atoms with van der Waals surface area (Å²) in [5.41, 5.74) is 13.3. The van der Waals surface area contributed by atoms with Crippen LogP contribution in [-0.2, 0) is 0 Å². The molecule has 88 valence electrons. The van der Waals surface area contributed by atoms with Crippen molar-refractivity contribution < 1.29 is 4.74 Å². The quantitative estimate of drug-likeness (QED) is 0.798. The lowest BCUT2D eigenvalue weighted by Gasteiger charge is -2.08. The fourth-order valence-electron chi connectivity index (χ4n) is 1.43. The highest BCUT2D eigenvalue weighted by Gasteiger charge is 2.02. The Bertz CT molecular complexity index is 506. The van der Waals surface area contributed by atoms with Crippen LogP contribution in [0.3, 0.4) is 0 Å². The summed E-state index contributed by atoms with van der Waals surface area (Å²) in [6.07, 6.45) is 0. The van der Waals surface area contributed by atoms with Crippen molar-refractivity contribution in [2.24, 2.45) is 0 Å². The van der Waals surface area contributed by atoms with Gasteiger partial charge in [-0.1, -0.05) is 11.6 Å². The van der Waals surface area contributed by atoms with Crippen LogP contribution in [0.15, 0.2) is 36.4 Å². The monoisotopic (exact) mass is 248 g/mol. The Morgan fingerprint density at radius 1 is 0.941 bits per heavy atom. The first kappa shape index (κ1) is 11.6. The van der Waals surface area contributed by atoms with Gasteiger partial charge in [-0.25, -0.2) is 0 Å². The van der Waals surface area contributed by atoms with Crippen LogP contribution in [-0.4, -0.2) is 0 Å². The van der Waals surface area contributed by atoms with Crippen molar-refractivity contribution in [1.29, 1.82) is 0 Å². The summed E-state index contributed by atoms with van der Waals surface area (Å²) < 4.78 is 5.66. The normalized spacial score (nSPS) is 10.2. The Morgan fingerprint density at radius 2 is 1.59 bits per heavy atom. The van der Waals surface area contributed by atoms with Crippen LogP contribution in [0.25, 0.3) is 0 Å². The van der Waals surface area contributed by atoms with Crippen LogP contribution in [0.4, 0.5) is 11.4 Å². The third-order valence-electron chi connectivity index (χ3n) is 2.42. The molecule has 0 saturated carbocycles. The van der Waals surface area contributed by atoms with Gasteiger partial charge in [-0.3, -0.25) is 0 Å². The van der Waals surface area contributed by atoms with E-state index in [1.165, 1.54) is 0 Å². The number of aryl methyl sites for hydroxylation is 1. The third kappa shape index (κ3) is 2.63. The SMILES string of the molecule is Cc1cc(Oc2ccc(N)c(N)c2)ccc1Cl. The molecule has 0 aliphatic heterocycles. The van der Waals surface area contributed by atoms with Gasteiger partial charge >= 0.3 is 0 Å². The van der Waals surface area contributed by atoms with Gasteiger partial charge in [0, 0.05) is 11.1 Å². The number of hydrogen-bond donors (Lipinski definition) is 2. The second-order valence-electron chi connectivity index (χ2n) is 3.80. The number of anilines is 2. The van der Waals surface area contributed by atoms with Crippen molar-refractivity contribution in [3.05, 3.63) is 47.0 Å². The van der Waals surface area contributed by atoms with E-state index in [2.05, 4.69) is 0 Å². The number of rotatable bonds is 2. The molecule has 0 aromatic heterocycles. The summed E-state index contributed by atoms with van der Waals surface area (Å²) in [4.78, 5) is 0. The second-order valence-corrected chi connectivity index (χ2v) is 4.21. The van der Waals surface area contributed by atoms with Crippen LogP contribution in [0.5, 0.6) is 11.5 Å². The van der Waals surface area contributed by atoms with E-state index < -0.39 is 0 Å². The lowest BCUT2D eigenvalue weighted by atomic mass is 10.2. The summed E-state index contributed by atoms with van der Waals surface area (Å²) in [5.74, 6) is 1.37. The number of halogens is 1. The van der Waals surface area contributed by atoms with E-state index in [4.69, 9.17) is 27.8 Å². The first-order valence-corrected chi connectivity index (χ1v) is 5.53. The molecule has 2 rings (SSSR count). The topological polar surface area (TPSA) is 61.3 Å². The Balaban J connectivity index is 2.25. The maximum Gasteiger partial charge on any atom is 0.129 e. The summed E-state index contributed by atoms with van der Waals surface area (Å²) in [7, 11) is 0. The molecule has 2 aromatic carbocycles. The second kappa shape index (κ2) is 4.55. The number of nitrogens with two attached hydrogens (primary N) is 2. The van der Waals surface area contributed by atoms with E-state index in [1.54, 1.807) is 24.3 Å². The summed E-state index contributed by atoms with van der Waals surface area (Å²) in [6, 6.07) is 10.7. The molecular weight excluding hydrogens is 236 g/mol. The smallest absolute Gasteiger partial charge is 0.129 e. The number of ether oxygens (including phenoxy) is 1. The molecule has 4 heteroatoms. The number of nitrogen functional groups attached to an aromatic ring is 2. The molecule has 0 unspecified atom stereocenters. The maximum atomic E-state index is 5.94. The summed E-state index contributed by atoms with van der Waals surface area (Å²) in [5, 5.41) is 0.717. The third-order valence-corrected chi connectivity index (χ3v) is 2.85. The molecule has 0 spiro atoms. The molecule has 0 saturated heterocycles. The van der Waals surface area contributed by atoms with Crippen LogP contribution in [0, 0.1) is 6.92 Å². The Hall–Kier alpha value is -1.87. The van der Waals surface area contributed by atoms with Crippen molar-refractivity contribution in [2.75, 3.05) is 11.5 Å². The molecule has 0 radical (unpaired) electrons. The average molecular weight is 249 g/mol. The molecule has 0 fully saturated rings. The van der Waals surface area contributed by atoms with Crippen LogP contribution in [0.2, 0.25) is 5.02 Å². The predicted octanol–water partition coefficient (Wildman–Crippen LogP) is 3.61. The highest BCUT2D eigenvalue weighted by atomic mass is 35.5. The molecule has 0 heterocycles. The largest absolute Gasteiger partial charge is 0.457 e. The van der Waals surface area contributed by atoms with E-state index in [0.717, 1.165) is 11.3 Å². The number of benzene rings is 2. The first-order valence-electron chi connectivity index (χ1n) is 5.15. The lowest BCUT2D eigenvalue weighted by Crippen LogP contribution is -1.94. The standard InChI is InChI=1S/C13H13ClN2O/c1-8-6-9(2-4-11(8)14)17-10-3-5-12(15)13(16)7-10/h2-7H,15-16H2,1H3. The molecule has 0 amide bonds. The molecule has 4 N–H and O–H groups in total.